The van der Waals surface area contributed by atoms with Gasteiger partial charge in [-0.2, -0.15) is 0 Å². The molecule has 1 heterocycles. The van der Waals surface area contributed by atoms with Crippen LogP contribution in [-0.4, -0.2) is 63.2 Å². The number of rotatable bonds is 0. The van der Waals surface area contributed by atoms with Gasteiger partial charge in [-0.05, 0) is 52.5 Å². The molecule has 1 rings (SSSR count). The highest BCUT2D eigenvalue weighted by Gasteiger charge is 1.98. The molecule has 0 aromatic heterocycles. The van der Waals surface area contributed by atoms with Crippen molar-refractivity contribution in [1.82, 2.24) is 20.4 Å². The second-order valence-electron chi connectivity index (χ2n) is 4.86. The zero-order valence-corrected chi connectivity index (χ0v) is 11.4. The lowest BCUT2D eigenvalue weighted by Gasteiger charge is -2.16. The summed E-state index contributed by atoms with van der Waals surface area (Å²) in [6.45, 7) is 6.81. The molecule has 1 aliphatic rings. The van der Waals surface area contributed by atoms with Gasteiger partial charge in [0.15, 0.2) is 0 Å². The van der Waals surface area contributed by atoms with Crippen LogP contribution in [0.4, 0.5) is 0 Å². The molecule has 0 saturated heterocycles. The third kappa shape index (κ3) is 8.05. The van der Waals surface area contributed by atoms with Crippen molar-refractivity contribution in [2.75, 3.05) is 53.4 Å². The minimum Gasteiger partial charge on any atom is -0.390 e. The summed E-state index contributed by atoms with van der Waals surface area (Å²) in [6.07, 6.45) is 7.85. The minimum absolute atomic E-state index is 1.06. The zero-order valence-electron chi connectivity index (χ0n) is 11.4. The van der Waals surface area contributed by atoms with Gasteiger partial charge in [0, 0.05) is 32.5 Å². The SMILES string of the molecule is CN1/C=C\NCCCN(C)CCCNCCC1. The van der Waals surface area contributed by atoms with Gasteiger partial charge in [0.25, 0.3) is 0 Å². The minimum atomic E-state index is 1.06. The van der Waals surface area contributed by atoms with Gasteiger partial charge >= 0.3 is 0 Å². The van der Waals surface area contributed by atoms with Gasteiger partial charge in [0.2, 0.25) is 0 Å². The van der Waals surface area contributed by atoms with Crippen LogP contribution < -0.4 is 10.6 Å². The third-order valence-corrected chi connectivity index (χ3v) is 3.07. The lowest BCUT2D eigenvalue weighted by molar-refractivity contribution is 0.322. The molecule has 4 nitrogen and oxygen atoms in total. The van der Waals surface area contributed by atoms with Crippen molar-refractivity contribution in [3.8, 4) is 0 Å². The molecule has 0 spiro atoms. The van der Waals surface area contributed by atoms with E-state index in [1.807, 2.05) is 0 Å². The summed E-state index contributed by atoms with van der Waals surface area (Å²) in [6, 6.07) is 0. The first-order valence-corrected chi connectivity index (χ1v) is 6.78. The summed E-state index contributed by atoms with van der Waals surface area (Å²) >= 11 is 0. The summed E-state index contributed by atoms with van der Waals surface area (Å²) < 4.78 is 0. The van der Waals surface area contributed by atoms with Crippen LogP contribution >= 0.6 is 0 Å². The smallest absolute Gasteiger partial charge is 0.0181 e. The van der Waals surface area contributed by atoms with Crippen molar-refractivity contribution < 1.29 is 0 Å². The molecule has 0 bridgehead atoms. The van der Waals surface area contributed by atoms with E-state index in [1.165, 1.54) is 32.4 Å². The normalized spacial score (nSPS) is 24.5. The van der Waals surface area contributed by atoms with E-state index in [2.05, 4.69) is 46.9 Å². The number of nitrogens with zero attached hydrogens (tertiary/aromatic N) is 2. The molecule has 0 aliphatic carbocycles. The summed E-state index contributed by atoms with van der Waals surface area (Å²) in [5.74, 6) is 0. The van der Waals surface area contributed by atoms with E-state index in [4.69, 9.17) is 0 Å². The molecular formula is C13H28N4. The summed E-state index contributed by atoms with van der Waals surface area (Å²) in [4.78, 5) is 4.65. The highest BCUT2D eigenvalue weighted by molar-refractivity contribution is 4.78. The molecule has 0 amide bonds. The highest BCUT2D eigenvalue weighted by Crippen LogP contribution is 1.92. The van der Waals surface area contributed by atoms with E-state index < -0.39 is 0 Å². The van der Waals surface area contributed by atoms with Crippen LogP contribution in [0.5, 0.6) is 0 Å². The van der Waals surface area contributed by atoms with Gasteiger partial charge in [-0.1, -0.05) is 0 Å². The third-order valence-electron chi connectivity index (χ3n) is 3.07. The molecule has 0 aromatic carbocycles. The molecule has 17 heavy (non-hydrogen) atoms. The molecule has 0 aromatic rings. The molecule has 0 saturated carbocycles. The standard InChI is InChI=1S/C13H28N4/c1-16-10-3-6-14-7-4-12-17(2)13-9-15-8-5-11-16/h9,13-15H,3-8,10-12H2,1-2H3/b13-9-. The maximum atomic E-state index is 3.50. The Morgan fingerprint density at radius 1 is 0.882 bits per heavy atom. The maximum Gasteiger partial charge on any atom is 0.0181 e. The van der Waals surface area contributed by atoms with Gasteiger partial charge in [-0.3, -0.25) is 0 Å². The average molecular weight is 240 g/mol. The van der Waals surface area contributed by atoms with Crippen LogP contribution in [0.2, 0.25) is 0 Å². The van der Waals surface area contributed by atoms with Crippen LogP contribution in [0.1, 0.15) is 19.3 Å². The molecular weight excluding hydrogens is 212 g/mol. The molecule has 1 aliphatic heterocycles. The number of hydrogen-bond acceptors (Lipinski definition) is 4. The first-order chi connectivity index (χ1) is 8.29. The Hall–Kier alpha value is -0.740. The summed E-state index contributed by atoms with van der Waals surface area (Å²) in [5.41, 5.74) is 0. The van der Waals surface area contributed by atoms with Gasteiger partial charge < -0.3 is 20.4 Å². The molecule has 0 radical (unpaired) electrons. The van der Waals surface area contributed by atoms with Crippen LogP contribution in [0.15, 0.2) is 12.4 Å². The van der Waals surface area contributed by atoms with Crippen molar-refractivity contribution in [1.29, 1.82) is 0 Å². The first-order valence-electron chi connectivity index (χ1n) is 6.78. The first kappa shape index (κ1) is 14.3. The van der Waals surface area contributed by atoms with Crippen LogP contribution in [-0.2, 0) is 0 Å². The Bertz CT molecular complexity index is 206. The second-order valence-corrected chi connectivity index (χ2v) is 4.86. The van der Waals surface area contributed by atoms with E-state index in [1.54, 1.807) is 0 Å². The maximum absolute atomic E-state index is 3.50. The molecule has 0 fully saturated rings. The molecule has 2 N–H and O–H groups in total. The number of nitrogens with one attached hydrogen (secondary N) is 2. The average Bonchev–Trinajstić information content (AvgIpc) is 2.32. The largest absolute Gasteiger partial charge is 0.390 e. The van der Waals surface area contributed by atoms with Crippen molar-refractivity contribution in [3.63, 3.8) is 0 Å². The Balaban J connectivity index is 2.26. The second kappa shape index (κ2) is 9.31. The fourth-order valence-electron chi connectivity index (χ4n) is 1.95. The quantitative estimate of drug-likeness (QED) is 0.652. The molecule has 100 valence electrons. The topological polar surface area (TPSA) is 30.5 Å². The van der Waals surface area contributed by atoms with Crippen LogP contribution in [0.3, 0.4) is 0 Å². The van der Waals surface area contributed by atoms with Gasteiger partial charge in [-0.15, -0.1) is 0 Å². The Morgan fingerprint density at radius 2 is 1.53 bits per heavy atom. The van der Waals surface area contributed by atoms with E-state index >= 15 is 0 Å². The lowest BCUT2D eigenvalue weighted by atomic mass is 10.3. The van der Waals surface area contributed by atoms with Gasteiger partial charge in [0.05, 0.1) is 0 Å². The Labute approximate surface area is 106 Å². The van der Waals surface area contributed by atoms with Crippen molar-refractivity contribution in [2.45, 2.75) is 19.3 Å². The number of hydrogen-bond donors (Lipinski definition) is 2. The van der Waals surface area contributed by atoms with Crippen molar-refractivity contribution in [2.24, 2.45) is 0 Å². The Morgan fingerprint density at radius 3 is 2.29 bits per heavy atom. The molecule has 0 unspecified atom stereocenters. The van der Waals surface area contributed by atoms with Gasteiger partial charge in [0.1, 0.15) is 0 Å². The fourth-order valence-corrected chi connectivity index (χ4v) is 1.95. The summed E-state index contributed by atoms with van der Waals surface area (Å²) in [7, 11) is 4.34. The highest BCUT2D eigenvalue weighted by atomic mass is 15.1. The zero-order chi connectivity index (χ0) is 12.3. The Kier molecular flexibility index (Phi) is 7.84. The predicted molar refractivity (Wildman–Crippen MR) is 74.0 cm³/mol. The lowest BCUT2D eigenvalue weighted by Crippen LogP contribution is -2.27. The van der Waals surface area contributed by atoms with Crippen LogP contribution in [0.25, 0.3) is 0 Å². The fraction of sp³-hybridized carbons (Fsp3) is 0.846. The van der Waals surface area contributed by atoms with E-state index in [0.29, 0.717) is 0 Å². The monoisotopic (exact) mass is 240 g/mol. The van der Waals surface area contributed by atoms with Gasteiger partial charge in [-0.25, -0.2) is 0 Å². The van der Waals surface area contributed by atoms with Crippen LogP contribution in [0, 0.1) is 0 Å². The van der Waals surface area contributed by atoms with E-state index in [9.17, 15) is 0 Å². The van der Waals surface area contributed by atoms with E-state index in [-0.39, 0.29) is 0 Å². The summed E-state index contributed by atoms with van der Waals surface area (Å²) in [5, 5.41) is 6.84. The van der Waals surface area contributed by atoms with Crippen molar-refractivity contribution >= 4 is 0 Å². The predicted octanol–water partition coefficient (Wildman–Crippen LogP) is 0.684. The van der Waals surface area contributed by atoms with E-state index in [0.717, 1.165) is 26.2 Å². The molecule has 4 heteroatoms. The molecule has 0 atom stereocenters. The van der Waals surface area contributed by atoms with Crippen molar-refractivity contribution in [3.05, 3.63) is 12.4 Å².